The number of furan rings is 1. The molecule has 0 spiro atoms. The van der Waals surface area contributed by atoms with E-state index in [-0.39, 0.29) is 5.91 Å². The third-order valence-electron chi connectivity index (χ3n) is 4.12. The van der Waals surface area contributed by atoms with Crippen LogP contribution in [0.1, 0.15) is 20.3 Å². The van der Waals surface area contributed by atoms with Crippen molar-refractivity contribution in [3.63, 3.8) is 0 Å². The molecule has 2 aromatic heterocycles. The van der Waals surface area contributed by atoms with E-state index >= 15 is 0 Å². The molecule has 0 aromatic carbocycles. The quantitative estimate of drug-likeness (QED) is 0.804. The highest BCUT2D eigenvalue weighted by Crippen LogP contribution is 2.25. The Bertz CT molecular complexity index is 658. The van der Waals surface area contributed by atoms with Crippen molar-refractivity contribution in [1.29, 1.82) is 0 Å². The Labute approximate surface area is 140 Å². The van der Waals surface area contributed by atoms with Gasteiger partial charge in [-0.2, -0.15) is 0 Å². The van der Waals surface area contributed by atoms with E-state index in [0.29, 0.717) is 29.2 Å². The minimum atomic E-state index is 0.177. The van der Waals surface area contributed by atoms with Crippen molar-refractivity contribution < 1.29 is 9.21 Å². The second-order valence-corrected chi connectivity index (χ2v) is 7.32. The molecule has 0 radical (unpaired) electrons. The third kappa shape index (κ3) is 3.60. The van der Waals surface area contributed by atoms with Gasteiger partial charge in [-0.05, 0) is 30.4 Å². The molecule has 1 fully saturated rings. The topological polar surface area (TPSA) is 64.2 Å². The molecule has 6 nitrogen and oxygen atoms in total. The fourth-order valence-corrected chi connectivity index (χ4v) is 3.96. The summed E-state index contributed by atoms with van der Waals surface area (Å²) in [6, 6.07) is 3.67. The lowest BCUT2D eigenvalue weighted by Gasteiger charge is -2.34. The first-order valence-electron chi connectivity index (χ1n) is 7.88. The monoisotopic (exact) mass is 334 g/mol. The molecule has 3 heterocycles. The number of nitrogens with zero attached hydrogens (tertiary/aromatic N) is 4. The summed E-state index contributed by atoms with van der Waals surface area (Å²) in [5, 5.41) is 9.03. The number of piperidine rings is 1. The average Bonchev–Trinajstić information content (AvgIpc) is 3.13. The Balaban J connectivity index is 1.61. The number of thioether (sulfide) groups is 1. The fraction of sp³-hybridized carbons (Fsp3) is 0.562. The molecule has 3 rings (SSSR count). The summed E-state index contributed by atoms with van der Waals surface area (Å²) in [7, 11) is 1.88. The molecule has 124 valence electrons. The number of hydrogen-bond acceptors (Lipinski definition) is 5. The molecule has 1 aliphatic heterocycles. The minimum Gasteiger partial charge on any atom is -0.461 e. The second kappa shape index (κ2) is 6.78. The SMILES string of the molecule is C[C@H]1C[C@H](C)CN(C(=O)CSc2nnc(-c3ccco3)n2C)C1. The molecule has 2 atom stereocenters. The van der Waals surface area contributed by atoms with Crippen LogP contribution in [-0.2, 0) is 11.8 Å². The van der Waals surface area contributed by atoms with Crippen LogP contribution < -0.4 is 0 Å². The minimum absolute atomic E-state index is 0.177. The standard InChI is InChI=1S/C16H22N4O2S/c1-11-7-12(2)9-20(8-11)14(21)10-23-16-18-17-15(19(16)3)13-5-4-6-22-13/h4-6,11-12H,7-10H2,1-3H3/t11-,12-/m0/s1. The van der Waals surface area contributed by atoms with Crippen LogP contribution in [0.2, 0.25) is 0 Å². The first-order chi connectivity index (χ1) is 11.0. The lowest BCUT2D eigenvalue weighted by atomic mass is 9.92. The molecule has 23 heavy (non-hydrogen) atoms. The number of carbonyl (C=O) groups excluding carboxylic acids is 1. The molecule has 0 N–H and O–H groups in total. The maximum atomic E-state index is 12.4. The Morgan fingerprint density at radius 3 is 2.74 bits per heavy atom. The molecule has 2 aromatic rings. The van der Waals surface area contributed by atoms with Crippen molar-refractivity contribution in [2.45, 2.75) is 25.4 Å². The molecule has 0 aliphatic carbocycles. The zero-order chi connectivity index (χ0) is 16.4. The molecule has 0 unspecified atom stereocenters. The number of aromatic nitrogens is 3. The van der Waals surface area contributed by atoms with Gasteiger partial charge in [0.2, 0.25) is 5.91 Å². The number of rotatable bonds is 4. The van der Waals surface area contributed by atoms with Crippen molar-refractivity contribution in [1.82, 2.24) is 19.7 Å². The van der Waals surface area contributed by atoms with Gasteiger partial charge in [-0.15, -0.1) is 10.2 Å². The Hall–Kier alpha value is -1.76. The van der Waals surface area contributed by atoms with Gasteiger partial charge in [0, 0.05) is 20.1 Å². The van der Waals surface area contributed by atoms with Gasteiger partial charge in [0.15, 0.2) is 16.7 Å². The summed E-state index contributed by atoms with van der Waals surface area (Å²) >= 11 is 1.43. The first kappa shape index (κ1) is 16.1. The van der Waals surface area contributed by atoms with Crippen molar-refractivity contribution >= 4 is 17.7 Å². The Morgan fingerprint density at radius 1 is 1.35 bits per heavy atom. The maximum absolute atomic E-state index is 12.4. The molecule has 0 bridgehead atoms. The maximum Gasteiger partial charge on any atom is 0.233 e. The van der Waals surface area contributed by atoms with Gasteiger partial charge in [-0.1, -0.05) is 25.6 Å². The lowest BCUT2D eigenvalue weighted by Crippen LogP contribution is -2.43. The highest BCUT2D eigenvalue weighted by atomic mass is 32.2. The van der Waals surface area contributed by atoms with E-state index in [0.717, 1.165) is 18.2 Å². The summed E-state index contributed by atoms with van der Waals surface area (Å²) in [4.78, 5) is 14.4. The van der Waals surface area contributed by atoms with E-state index < -0.39 is 0 Å². The van der Waals surface area contributed by atoms with Crippen LogP contribution in [0.25, 0.3) is 11.6 Å². The summed E-state index contributed by atoms with van der Waals surface area (Å²) in [5.74, 6) is 3.07. The van der Waals surface area contributed by atoms with Crippen LogP contribution in [0.4, 0.5) is 0 Å². The molecule has 1 amide bonds. The van der Waals surface area contributed by atoms with Gasteiger partial charge in [0.05, 0.1) is 12.0 Å². The molecule has 0 saturated carbocycles. The summed E-state index contributed by atoms with van der Waals surface area (Å²) in [6.07, 6.45) is 2.81. The highest BCUT2D eigenvalue weighted by molar-refractivity contribution is 7.99. The Kier molecular flexibility index (Phi) is 4.75. The van der Waals surface area contributed by atoms with Gasteiger partial charge in [-0.25, -0.2) is 0 Å². The normalized spacial score (nSPS) is 21.6. The molecule has 7 heteroatoms. The van der Waals surface area contributed by atoms with E-state index in [1.54, 1.807) is 6.26 Å². The van der Waals surface area contributed by atoms with E-state index in [4.69, 9.17) is 4.42 Å². The number of likely N-dealkylation sites (tertiary alicyclic amines) is 1. The highest BCUT2D eigenvalue weighted by Gasteiger charge is 2.25. The van der Waals surface area contributed by atoms with E-state index in [1.165, 1.54) is 18.2 Å². The zero-order valence-corrected chi connectivity index (χ0v) is 14.5. The lowest BCUT2D eigenvalue weighted by molar-refractivity contribution is -0.130. The van der Waals surface area contributed by atoms with Crippen LogP contribution in [0.5, 0.6) is 0 Å². The van der Waals surface area contributed by atoms with Crippen LogP contribution in [-0.4, -0.2) is 44.4 Å². The molecule has 1 aliphatic rings. The summed E-state index contributed by atoms with van der Waals surface area (Å²) in [5.41, 5.74) is 0. The second-order valence-electron chi connectivity index (χ2n) is 6.38. The van der Waals surface area contributed by atoms with Crippen molar-refractivity contribution in [3.05, 3.63) is 18.4 Å². The van der Waals surface area contributed by atoms with E-state index in [1.807, 2.05) is 28.6 Å². The Morgan fingerprint density at radius 2 is 2.09 bits per heavy atom. The predicted octanol–water partition coefficient (Wildman–Crippen LogP) is 2.67. The molecule has 1 saturated heterocycles. The van der Waals surface area contributed by atoms with Crippen molar-refractivity contribution in [3.8, 4) is 11.6 Å². The van der Waals surface area contributed by atoms with Crippen molar-refractivity contribution in [2.75, 3.05) is 18.8 Å². The van der Waals surface area contributed by atoms with Gasteiger partial charge < -0.3 is 13.9 Å². The van der Waals surface area contributed by atoms with Crippen LogP contribution >= 0.6 is 11.8 Å². The smallest absolute Gasteiger partial charge is 0.233 e. The van der Waals surface area contributed by atoms with Gasteiger partial charge in [0.1, 0.15) is 0 Å². The zero-order valence-electron chi connectivity index (χ0n) is 13.7. The molecular weight excluding hydrogens is 312 g/mol. The van der Waals surface area contributed by atoms with Crippen LogP contribution in [0.3, 0.4) is 0 Å². The number of hydrogen-bond donors (Lipinski definition) is 0. The third-order valence-corrected chi connectivity index (χ3v) is 5.13. The van der Waals surface area contributed by atoms with Crippen LogP contribution in [0.15, 0.2) is 28.0 Å². The van der Waals surface area contributed by atoms with Gasteiger partial charge >= 0.3 is 0 Å². The number of carbonyl (C=O) groups is 1. The largest absolute Gasteiger partial charge is 0.461 e. The fourth-order valence-electron chi connectivity index (χ4n) is 3.15. The summed E-state index contributed by atoms with van der Waals surface area (Å²) in [6.45, 7) is 6.14. The molecular formula is C16H22N4O2S. The number of amides is 1. The first-order valence-corrected chi connectivity index (χ1v) is 8.87. The predicted molar refractivity (Wildman–Crippen MR) is 89.0 cm³/mol. The van der Waals surface area contributed by atoms with E-state index in [9.17, 15) is 4.79 Å². The van der Waals surface area contributed by atoms with Crippen LogP contribution in [0, 0.1) is 11.8 Å². The van der Waals surface area contributed by atoms with Crippen molar-refractivity contribution in [2.24, 2.45) is 18.9 Å². The van der Waals surface area contributed by atoms with Gasteiger partial charge in [0.25, 0.3) is 0 Å². The van der Waals surface area contributed by atoms with E-state index in [2.05, 4.69) is 24.0 Å². The van der Waals surface area contributed by atoms with Gasteiger partial charge in [-0.3, -0.25) is 4.79 Å². The summed E-state index contributed by atoms with van der Waals surface area (Å²) < 4.78 is 7.21. The average molecular weight is 334 g/mol.